The first-order valence-electron chi connectivity index (χ1n) is 7.38. The Kier molecular flexibility index (Phi) is 5.63. The van der Waals surface area contributed by atoms with E-state index in [1.54, 1.807) is 0 Å². The van der Waals surface area contributed by atoms with E-state index in [-0.39, 0.29) is 17.5 Å². The van der Waals surface area contributed by atoms with Crippen molar-refractivity contribution < 1.29 is 13.2 Å². The molecule has 1 fully saturated rings. The molecule has 1 aromatic rings. The van der Waals surface area contributed by atoms with Crippen LogP contribution in [0.15, 0.2) is 24.3 Å². The van der Waals surface area contributed by atoms with Gasteiger partial charge < -0.3 is 15.0 Å². The molecule has 1 N–H and O–H groups in total. The Hall–Kier alpha value is -1.34. The number of ether oxygens (including phenoxy) is 1. The van der Waals surface area contributed by atoms with Crippen molar-refractivity contribution in [2.24, 2.45) is 0 Å². The van der Waals surface area contributed by atoms with Crippen molar-refractivity contribution in [3.05, 3.63) is 24.3 Å². The van der Waals surface area contributed by atoms with Crippen LogP contribution in [0.5, 0.6) is 5.75 Å². The van der Waals surface area contributed by atoms with Crippen molar-refractivity contribution in [3.63, 3.8) is 0 Å². The van der Waals surface area contributed by atoms with Crippen molar-refractivity contribution in [2.45, 2.75) is 25.8 Å². The van der Waals surface area contributed by atoms with Gasteiger partial charge in [0, 0.05) is 18.8 Å². The van der Waals surface area contributed by atoms with Gasteiger partial charge in [0.05, 0.1) is 18.1 Å². The fourth-order valence-electron chi connectivity index (χ4n) is 2.44. The topological polar surface area (TPSA) is 58.6 Å². The van der Waals surface area contributed by atoms with Gasteiger partial charge in [-0.3, -0.25) is 0 Å². The van der Waals surface area contributed by atoms with Crippen LogP contribution in [0.1, 0.15) is 19.8 Å². The molecule has 2 rings (SSSR count). The van der Waals surface area contributed by atoms with E-state index >= 15 is 0 Å². The molecule has 0 spiro atoms. The molecule has 0 radical (unpaired) electrons. The quantitative estimate of drug-likeness (QED) is 0.847. The Morgan fingerprint density at radius 1 is 1.32 bits per heavy atom. The highest BCUT2D eigenvalue weighted by atomic mass is 32.2. The lowest BCUT2D eigenvalue weighted by Crippen LogP contribution is -2.44. The van der Waals surface area contributed by atoms with Crippen molar-refractivity contribution in [2.75, 3.05) is 30.5 Å². The molecule has 0 aromatic heterocycles. The van der Waals surface area contributed by atoms with Crippen LogP contribution in [-0.2, 0) is 9.84 Å². The minimum Gasteiger partial charge on any atom is -0.494 e. The number of hydrogen-bond acceptors (Lipinski definition) is 4. The number of sulfone groups is 1. The molecular formula is C15H22N2O3S2. The molecule has 122 valence electrons. The number of rotatable bonds is 4. The fraction of sp³-hybridized carbons (Fsp3) is 0.533. The zero-order chi connectivity index (χ0) is 16.2. The van der Waals surface area contributed by atoms with Crippen LogP contribution in [0.4, 0.5) is 5.69 Å². The second-order valence-corrected chi connectivity index (χ2v) is 8.07. The van der Waals surface area contributed by atoms with Gasteiger partial charge >= 0.3 is 0 Å². The maximum Gasteiger partial charge on any atom is 0.173 e. The molecule has 22 heavy (non-hydrogen) atoms. The predicted octanol–water partition coefficient (Wildman–Crippen LogP) is 2.29. The molecule has 1 aliphatic rings. The largest absolute Gasteiger partial charge is 0.494 e. The average molecular weight is 342 g/mol. The van der Waals surface area contributed by atoms with Gasteiger partial charge in [0.1, 0.15) is 15.6 Å². The summed E-state index contributed by atoms with van der Waals surface area (Å²) in [6, 6.07) is 7.78. The summed E-state index contributed by atoms with van der Waals surface area (Å²) in [7, 11) is -0.939. The maximum absolute atomic E-state index is 11.5. The molecule has 0 unspecified atom stereocenters. The van der Waals surface area contributed by atoms with Gasteiger partial charge in [-0.1, -0.05) is 0 Å². The maximum atomic E-state index is 11.5. The summed E-state index contributed by atoms with van der Waals surface area (Å²) >= 11 is 5.41. The lowest BCUT2D eigenvalue weighted by molar-refractivity contribution is 0.340. The van der Waals surface area contributed by atoms with E-state index in [0.717, 1.165) is 11.4 Å². The van der Waals surface area contributed by atoms with E-state index in [1.165, 1.54) is 0 Å². The smallest absolute Gasteiger partial charge is 0.173 e. The summed E-state index contributed by atoms with van der Waals surface area (Å²) in [6.45, 7) is 2.58. The highest BCUT2D eigenvalue weighted by Crippen LogP contribution is 2.19. The van der Waals surface area contributed by atoms with Crippen LogP contribution < -0.4 is 10.1 Å². The summed E-state index contributed by atoms with van der Waals surface area (Å²) in [6.07, 6.45) is 1.26. The van der Waals surface area contributed by atoms with Gasteiger partial charge in [0.15, 0.2) is 5.11 Å². The monoisotopic (exact) mass is 342 g/mol. The molecule has 0 amide bonds. The zero-order valence-corrected chi connectivity index (χ0v) is 14.5. The third kappa shape index (κ3) is 4.58. The Bertz CT molecular complexity index is 600. The Labute approximate surface area is 137 Å². The second kappa shape index (κ2) is 7.28. The van der Waals surface area contributed by atoms with Crippen molar-refractivity contribution >= 4 is 32.9 Å². The van der Waals surface area contributed by atoms with E-state index in [9.17, 15) is 8.42 Å². The Morgan fingerprint density at radius 3 is 2.45 bits per heavy atom. The molecule has 7 heteroatoms. The van der Waals surface area contributed by atoms with E-state index < -0.39 is 9.84 Å². The second-order valence-electron chi connectivity index (χ2n) is 5.38. The van der Waals surface area contributed by atoms with Crippen LogP contribution in [-0.4, -0.2) is 49.6 Å². The van der Waals surface area contributed by atoms with Gasteiger partial charge in [0.25, 0.3) is 0 Å². The van der Waals surface area contributed by atoms with E-state index in [0.29, 0.717) is 24.6 Å². The van der Waals surface area contributed by atoms with E-state index in [2.05, 4.69) is 5.32 Å². The van der Waals surface area contributed by atoms with Gasteiger partial charge in [-0.15, -0.1) is 0 Å². The molecule has 1 aromatic carbocycles. The normalized spacial score (nSPS) is 17.7. The number of hydrogen-bond donors (Lipinski definition) is 1. The summed E-state index contributed by atoms with van der Waals surface area (Å²) in [5.74, 6) is 1.31. The zero-order valence-electron chi connectivity index (χ0n) is 12.9. The van der Waals surface area contributed by atoms with Gasteiger partial charge in [0.2, 0.25) is 0 Å². The minimum absolute atomic E-state index is 0.172. The predicted molar refractivity (Wildman–Crippen MR) is 93.3 cm³/mol. The summed E-state index contributed by atoms with van der Waals surface area (Å²) in [5.41, 5.74) is 0.892. The molecule has 1 saturated heterocycles. The third-order valence-electron chi connectivity index (χ3n) is 3.81. The molecule has 0 saturated carbocycles. The number of benzene rings is 1. The van der Waals surface area contributed by atoms with E-state index in [1.807, 2.05) is 43.1 Å². The fourth-order valence-corrected chi connectivity index (χ4v) is 4.18. The number of nitrogens with zero attached hydrogens (tertiary/aromatic N) is 1. The third-order valence-corrected chi connectivity index (χ3v) is 5.91. The highest BCUT2D eigenvalue weighted by Gasteiger charge is 2.27. The number of nitrogens with one attached hydrogen (secondary N) is 1. The van der Waals surface area contributed by atoms with Crippen LogP contribution in [0, 0.1) is 0 Å². The minimum atomic E-state index is -2.85. The Morgan fingerprint density at radius 2 is 1.91 bits per heavy atom. The van der Waals surface area contributed by atoms with Crippen LogP contribution in [0.25, 0.3) is 0 Å². The molecule has 1 aliphatic heterocycles. The first-order valence-corrected chi connectivity index (χ1v) is 9.61. The summed E-state index contributed by atoms with van der Waals surface area (Å²) in [4.78, 5) is 1.96. The standard InChI is InChI=1S/C15H22N2O3S2/c1-3-20-14-6-4-12(5-7-14)16-15(21)17(2)13-8-10-22(18,19)11-9-13/h4-7,13H,3,8-11H2,1-2H3,(H,16,21). The highest BCUT2D eigenvalue weighted by molar-refractivity contribution is 7.91. The number of thiocarbonyl (C=S) groups is 1. The van der Waals surface area contributed by atoms with Crippen LogP contribution in [0.3, 0.4) is 0 Å². The lowest BCUT2D eigenvalue weighted by atomic mass is 10.1. The van der Waals surface area contributed by atoms with Gasteiger partial charge in [-0.25, -0.2) is 8.42 Å². The molecule has 0 bridgehead atoms. The molecule has 0 aliphatic carbocycles. The summed E-state index contributed by atoms with van der Waals surface area (Å²) < 4.78 is 28.4. The van der Waals surface area contributed by atoms with E-state index in [4.69, 9.17) is 17.0 Å². The molecule has 0 atom stereocenters. The van der Waals surface area contributed by atoms with Crippen molar-refractivity contribution in [1.82, 2.24) is 4.90 Å². The Balaban J connectivity index is 1.91. The first kappa shape index (κ1) is 17.0. The average Bonchev–Trinajstić information content (AvgIpc) is 2.49. The summed E-state index contributed by atoms with van der Waals surface area (Å²) in [5, 5.41) is 3.79. The number of anilines is 1. The van der Waals surface area contributed by atoms with Gasteiger partial charge in [-0.2, -0.15) is 0 Å². The van der Waals surface area contributed by atoms with Crippen LogP contribution in [0.2, 0.25) is 0 Å². The first-order chi connectivity index (χ1) is 10.4. The van der Waals surface area contributed by atoms with Gasteiger partial charge in [-0.05, 0) is 56.2 Å². The van der Waals surface area contributed by atoms with Crippen molar-refractivity contribution in [1.29, 1.82) is 0 Å². The molecular weight excluding hydrogens is 320 g/mol. The van der Waals surface area contributed by atoms with Crippen molar-refractivity contribution in [3.8, 4) is 5.75 Å². The van der Waals surface area contributed by atoms with Crippen LogP contribution >= 0.6 is 12.2 Å². The molecule has 5 nitrogen and oxygen atoms in total. The lowest BCUT2D eigenvalue weighted by Gasteiger charge is -2.33. The SMILES string of the molecule is CCOc1ccc(NC(=S)N(C)C2CCS(=O)(=O)CC2)cc1. The molecule has 1 heterocycles.